The number of fused-ring (bicyclic) bond motifs is 7. The van der Waals surface area contributed by atoms with Crippen LogP contribution in [0.4, 0.5) is 0 Å². The molecular formula is C48H30. The van der Waals surface area contributed by atoms with Crippen LogP contribution in [0.3, 0.4) is 0 Å². The van der Waals surface area contributed by atoms with E-state index in [1.54, 1.807) is 0 Å². The lowest BCUT2D eigenvalue weighted by Crippen LogP contribution is -1.91. The Hall–Kier alpha value is -6.24. The normalized spacial score (nSPS) is 11.8. The lowest BCUT2D eigenvalue weighted by Gasteiger charge is -2.19. The lowest BCUT2D eigenvalue weighted by atomic mass is 9.84. The first-order chi connectivity index (χ1) is 23.8. The molecule has 0 fully saturated rings. The van der Waals surface area contributed by atoms with E-state index in [0.29, 0.717) is 0 Å². The summed E-state index contributed by atoms with van der Waals surface area (Å²) in [6, 6.07) is 67.1. The predicted molar refractivity (Wildman–Crippen MR) is 208 cm³/mol. The van der Waals surface area contributed by atoms with E-state index in [1.807, 2.05) is 0 Å². The van der Waals surface area contributed by atoms with E-state index in [-0.39, 0.29) is 0 Å². The summed E-state index contributed by atoms with van der Waals surface area (Å²) in [5.74, 6) is 0. The van der Waals surface area contributed by atoms with E-state index in [2.05, 4.69) is 182 Å². The van der Waals surface area contributed by atoms with E-state index in [1.165, 1.54) is 98.0 Å². The Morgan fingerprint density at radius 2 is 0.667 bits per heavy atom. The lowest BCUT2D eigenvalue weighted by molar-refractivity contribution is 1.67. The third-order valence-corrected chi connectivity index (χ3v) is 10.2. The van der Waals surface area contributed by atoms with Crippen LogP contribution in [0, 0.1) is 0 Å². The van der Waals surface area contributed by atoms with Crippen molar-refractivity contribution in [3.63, 3.8) is 0 Å². The second-order valence-corrected chi connectivity index (χ2v) is 12.8. The van der Waals surface area contributed by atoms with E-state index < -0.39 is 0 Å². The molecule has 10 aromatic rings. The molecule has 0 aliphatic rings. The molecule has 0 aliphatic heterocycles. The van der Waals surface area contributed by atoms with Gasteiger partial charge in [0, 0.05) is 0 Å². The summed E-state index contributed by atoms with van der Waals surface area (Å²) in [5, 5.41) is 15.3. The summed E-state index contributed by atoms with van der Waals surface area (Å²) >= 11 is 0. The first-order valence-electron chi connectivity index (χ1n) is 16.7. The van der Waals surface area contributed by atoms with Gasteiger partial charge in [-0.1, -0.05) is 170 Å². The van der Waals surface area contributed by atoms with Gasteiger partial charge in [0.2, 0.25) is 0 Å². The van der Waals surface area contributed by atoms with Crippen molar-refractivity contribution in [2.24, 2.45) is 0 Å². The summed E-state index contributed by atoms with van der Waals surface area (Å²) in [5.41, 5.74) is 7.62. The Kier molecular flexibility index (Phi) is 5.98. The summed E-state index contributed by atoms with van der Waals surface area (Å²) < 4.78 is 0. The van der Waals surface area contributed by atoms with E-state index >= 15 is 0 Å². The zero-order valence-corrected chi connectivity index (χ0v) is 26.3. The van der Waals surface area contributed by atoms with Gasteiger partial charge in [-0.05, 0) is 110 Å². The highest BCUT2D eigenvalue weighted by Gasteiger charge is 2.18. The summed E-state index contributed by atoms with van der Waals surface area (Å²) in [6.07, 6.45) is 0. The highest BCUT2D eigenvalue weighted by atomic mass is 14.2. The molecule has 0 spiro atoms. The molecule has 0 atom stereocenters. The van der Waals surface area contributed by atoms with Crippen molar-refractivity contribution < 1.29 is 0 Å². The first-order valence-corrected chi connectivity index (χ1v) is 16.7. The summed E-state index contributed by atoms with van der Waals surface area (Å²) in [4.78, 5) is 0. The summed E-state index contributed by atoms with van der Waals surface area (Å²) in [6.45, 7) is 0. The van der Waals surface area contributed by atoms with Crippen LogP contribution < -0.4 is 0 Å². The standard InChI is InChI=1S/C48H30/c1-3-15-38-31(11-1)13-9-22-41(38)48-44-19-7-5-17-42(44)47(43-18-6-8-20-45(43)48)37-28-26-34-29-36(27-25-35(34)30-37)40-21-10-14-33-24-23-32-12-2-4-16-39(32)46(33)40/h1-30H. The Balaban J connectivity index is 1.18. The van der Waals surface area contributed by atoms with Crippen LogP contribution in [0.25, 0.3) is 98.0 Å². The number of benzene rings is 10. The fourth-order valence-corrected chi connectivity index (χ4v) is 8.04. The van der Waals surface area contributed by atoms with Crippen molar-refractivity contribution in [3.8, 4) is 33.4 Å². The maximum absolute atomic E-state index is 2.38. The first kappa shape index (κ1) is 26.9. The molecule has 0 aromatic heterocycles. The number of rotatable bonds is 3. The molecule has 0 saturated carbocycles. The van der Waals surface area contributed by atoms with Crippen LogP contribution in [0.1, 0.15) is 0 Å². The van der Waals surface area contributed by atoms with Crippen LogP contribution >= 0.6 is 0 Å². The molecule has 0 amide bonds. The van der Waals surface area contributed by atoms with Crippen molar-refractivity contribution in [3.05, 3.63) is 182 Å². The number of hydrogen-bond acceptors (Lipinski definition) is 0. The molecule has 0 heterocycles. The molecule has 222 valence electrons. The Bertz CT molecular complexity index is 2830. The van der Waals surface area contributed by atoms with Gasteiger partial charge >= 0.3 is 0 Å². The van der Waals surface area contributed by atoms with Gasteiger partial charge in [0.1, 0.15) is 0 Å². The van der Waals surface area contributed by atoms with Gasteiger partial charge in [0.25, 0.3) is 0 Å². The minimum Gasteiger partial charge on any atom is -0.0616 e. The monoisotopic (exact) mass is 606 g/mol. The zero-order chi connectivity index (χ0) is 31.6. The molecule has 48 heavy (non-hydrogen) atoms. The Labute approximate surface area is 279 Å². The molecule has 0 aliphatic carbocycles. The molecule has 0 heteroatoms. The van der Waals surface area contributed by atoms with Gasteiger partial charge < -0.3 is 0 Å². The van der Waals surface area contributed by atoms with Crippen molar-refractivity contribution >= 4 is 64.6 Å². The molecular weight excluding hydrogens is 577 g/mol. The number of hydrogen-bond donors (Lipinski definition) is 0. The van der Waals surface area contributed by atoms with Gasteiger partial charge in [-0.25, -0.2) is 0 Å². The minimum atomic E-state index is 1.24. The van der Waals surface area contributed by atoms with E-state index in [4.69, 9.17) is 0 Å². The fraction of sp³-hybridized carbons (Fsp3) is 0. The van der Waals surface area contributed by atoms with E-state index in [0.717, 1.165) is 0 Å². The van der Waals surface area contributed by atoms with Crippen LogP contribution in [-0.4, -0.2) is 0 Å². The molecule has 0 bridgehead atoms. The van der Waals surface area contributed by atoms with Crippen LogP contribution in [-0.2, 0) is 0 Å². The minimum absolute atomic E-state index is 1.24. The van der Waals surface area contributed by atoms with Crippen LogP contribution in [0.5, 0.6) is 0 Å². The fourth-order valence-electron chi connectivity index (χ4n) is 8.04. The van der Waals surface area contributed by atoms with Gasteiger partial charge in [-0.2, -0.15) is 0 Å². The van der Waals surface area contributed by atoms with Gasteiger partial charge in [0.15, 0.2) is 0 Å². The van der Waals surface area contributed by atoms with Crippen molar-refractivity contribution in [2.75, 3.05) is 0 Å². The van der Waals surface area contributed by atoms with Gasteiger partial charge in [-0.3, -0.25) is 0 Å². The quantitative estimate of drug-likeness (QED) is 0.139. The second kappa shape index (κ2) is 10.7. The molecule has 0 radical (unpaired) electrons. The maximum atomic E-state index is 2.38. The van der Waals surface area contributed by atoms with Crippen molar-refractivity contribution in [1.82, 2.24) is 0 Å². The highest BCUT2D eigenvalue weighted by molar-refractivity contribution is 6.24. The molecule has 0 nitrogen and oxygen atoms in total. The maximum Gasteiger partial charge on any atom is -0.00201 e. The summed E-state index contributed by atoms with van der Waals surface area (Å²) in [7, 11) is 0. The molecule has 10 rings (SSSR count). The smallest absolute Gasteiger partial charge is 0.00201 e. The zero-order valence-electron chi connectivity index (χ0n) is 26.3. The average Bonchev–Trinajstić information content (AvgIpc) is 3.16. The molecule has 0 unspecified atom stereocenters. The van der Waals surface area contributed by atoms with Crippen LogP contribution in [0.2, 0.25) is 0 Å². The average molecular weight is 607 g/mol. The van der Waals surface area contributed by atoms with Crippen molar-refractivity contribution in [1.29, 1.82) is 0 Å². The Morgan fingerprint density at radius 1 is 0.229 bits per heavy atom. The van der Waals surface area contributed by atoms with Crippen LogP contribution in [0.15, 0.2) is 182 Å². The third kappa shape index (κ3) is 4.10. The van der Waals surface area contributed by atoms with Crippen molar-refractivity contribution in [2.45, 2.75) is 0 Å². The topological polar surface area (TPSA) is 0 Å². The predicted octanol–water partition coefficient (Wildman–Crippen LogP) is 13.6. The third-order valence-electron chi connectivity index (χ3n) is 10.2. The van der Waals surface area contributed by atoms with E-state index in [9.17, 15) is 0 Å². The highest BCUT2D eigenvalue weighted by Crippen LogP contribution is 2.46. The molecule has 10 aromatic carbocycles. The molecule has 0 N–H and O–H groups in total. The second-order valence-electron chi connectivity index (χ2n) is 12.8. The SMILES string of the molecule is c1ccc2c(-c3c4ccccc4c(-c4ccc5cc(-c6cccc7ccc8ccccc8c67)ccc5c4)c4ccccc34)cccc2c1. The van der Waals surface area contributed by atoms with Gasteiger partial charge in [-0.15, -0.1) is 0 Å². The largest absolute Gasteiger partial charge is 0.0616 e. The Morgan fingerprint density at radius 3 is 1.35 bits per heavy atom. The molecule has 0 saturated heterocycles. The van der Waals surface area contributed by atoms with Gasteiger partial charge in [0.05, 0.1) is 0 Å².